The van der Waals surface area contributed by atoms with Crippen molar-refractivity contribution in [1.29, 1.82) is 0 Å². The van der Waals surface area contributed by atoms with E-state index in [-0.39, 0.29) is 0 Å². The minimum Gasteiger partial charge on any atom is -0.360 e. The molecule has 4 aromatic heterocycles. The Bertz CT molecular complexity index is 1050. The van der Waals surface area contributed by atoms with Crippen LogP contribution >= 0.6 is 22.7 Å². The van der Waals surface area contributed by atoms with Gasteiger partial charge < -0.3 is 4.98 Å². The van der Waals surface area contributed by atoms with Crippen molar-refractivity contribution in [2.24, 2.45) is 0 Å². The average molecular weight is 322 g/mol. The SMILES string of the molecule is c1csc(-c2cn3nc(-c4c[nH]c5ccccc45)sc3n2)c1. The van der Waals surface area contributed by atoms with Gasteiger partial charge in [0.2, 0.25) is 4.96 Å². The molecule has 0 amide bonds. The highest BCUT2D eigenvalue weighted by Crippen LogP contribution is 2.33. The molecule has 0 radical (unpaired) electrons. The minimum absolute atomic E-state index is 0.920. The van der Waals surface area contributed by atoms with Crippen molar-refractivity contribution < 1.29 is 0 Å². The number of thiophene rings is 1. The number of fused-ring (bicyclic) bond motifs is 2. The standard InChI is InChI=1S/C16H10N4S2/c1-2-5-12-10(4-1)11(8-17-12)15-19-20-9-13(18-16(20)22-15)14-6-3-7-21-14/h1-9,17H. The highest BCUT2D eigenvalue weighted by molar-refractivity contribution is 7.20. The lowest BCUT2D eigenvalue weighted by Crippen LogP contribution is -1.81. The fourth-order valence-corrected chi connectivity index (χ4v) is 4.19. The van der Waals surface area contributed by atoms with E-state index >= 15 is 0 Å². The van der Waals surface area contributed by atoms with Crippen molar-refractivity contribution in [2.75, 3.05) is 0 Å². The van der Waals surface area contributed by atoms with Crippen LogP contribution in [-0.4, -0.2) is 19.6 Å². The summed E-state index contributed by atoms with van der Waals surface area (Å²) in [7, 11) is 0. The zero-order chi connectivity index (χ0) is 14.5. The second kappa shape index (κ2) is 4.53. The van der Waals surface area contributed by atoms with Crippen molar-refractivity contribution in [1.82, 2.24) is 19.6 Å². The topological polar surface area (TPSA) is 46.0 Å². The van der Waals surface area contributed by atoms with Crippen LogP contribution in [0.25, 0.3) is 37.0 Å². The molecule has 0 unspecified atom stereocenters. The molecule has 1 aromatic carbocycles. The first-order chi connectivity index (χ1) is 10.9. The molecule has 0 aliphatic rings. The van der Waals surface area contributed by atoms with Crippen molar-refractivity contribution in [3.63, 3.8) is 0 Å². The average Bonchev–Trinajstić information content (AvgIpc) is 3.28. The van der Waals surface area contributed by atoms with Crippen LogP contribution in [0.2, 0.25) is 0 Å². The Morgan fingerprint density at radius 3 is 2.91 bits per heavy atom. The quantitative estimate of drug-likeness (QED) is 0.513. The number of nitrogens with zero attached hydrogens (tertiary/aromatic N) is 3. The molecule has 0 bridgehead atoms. The molecule has 0 spiro atoms. The predicted molar refractivity (Wildman–Crippen MR) is 91.5 cm³/mol. The molecular formula is C16H10N4S2. The number of H-pyrrole nitrogens is 1. The third-order valence-corrected chi connectivity index (χ3v) is 5.48. The van der Waals surface area contributed by atoms with Crippen LogP contribution in [0.3, 0.4) is 0 Å². The molecule has 22 heavy (non-hydrogen) atoms. The van der Waals surface area contributed by atoms with E-state index in [1.54, 1.807) is 22.7 Å². The zero-order valence-electron chi connectivity index (χ0n) is 11.4. The van der Waals surface area contributed by atoms with Gasteiger partial charge in [-0.1, -0.05) is 35.6 Å². The van der Waals surface area contributed by atoms with Gasteiger partial charge in [-0.3, -0.25) is 0 Å². The molecule has 4 heterocycles. The summed E-state index contributed by atoms with van der Waals surface area (Å²) in [6.45, 7) is 0. The highest BCUT2D eigenvalue weighted by atomic mass is 32.1. The van der Waals surface area contributed by atoms with Crippen LogP contribution < -0.4 is 0 Å². The van der Waals surface area contributed by atoms with E-state index in [0.717, 1.165) is 26.7 Å². The molecule has 1 N–H and O–H groups in total. The monoisotopic (exact) mass is 322 g/mol. The minimum atomic E-state index is 0.920. The van der Waals surface area contributed by atoms with Crippen molar-refractivity contribution in [3.8, 4) is 21.1 Å². The number of benzene rings is 1. The van der Waals surface area contributed by atoms with E-state index in [4.69, 9.17) is 5.10 Å². The lowest BCUT2D eigenvalue weighted by Gasteiger charge is -1.92. The Morgan fingerprint density at radius 2 is 2.05 bits per heavy atom. The van der Waals surface area contributed by atoms with Crippen LogP contribution in [0.15, 0.2) is 54.2 Å². The van der Waals surface area contributed by atoms with Gasteiger partial charge in [0.25, 0.3) is 0 Å². The maximum atomic E-state index is 4.69. The first kappa shape index (κ1) is 12.1. The largest absolute Gasteiger partial charge is 0.360 e. The van der Waals surface area contributed by atoms with Gasteiger partial charge in [0, 0.05) is 22.7 Å². The van der Waals surface area contributed by atoms with Gasteiger partial charge in [0.15, 0.2) is 0 Å². The molecule has 5 aromatic rings. The summed E-state index contributed by atoms with van der Waals surface area (Å²) in [5.74, 6) is 0. The molecule has 106 valence electrons. The molecule has 0 aliphatic heterocycles. The number of aromatic nitrogens is 4. The summed E-state index contributed by atoms with van der Waals surface area (Å²) >= 11 is 3.31. The van der Waals surface area contributed by atoms with Gasteiger partial charge in [0.05, 0.1) is 11.1 Å². The molecule has 0 saturated heterocycles. The Hall–Kier alpha value is -2.44. The lowest BCUT2D eigenvalue weighted by molar-refractivity contribution is 0.979. The van der Waals surface area contributed by atoms with Crippen molar-refractivity contribution >= 4 is 38.5 Å². The normalized spacial score (nSPS) is 11.6. The van der Waals surface area contributed by atoms with Gasteiger partial charge in [-0.25, -0.2) is 9.50 Å². The molecule has 0 aliphatic carbocycles. The second-order valence-electron chi connectivity index (χ2n) is 4.99. The second-order valence-corrected chi connectivity index (χ2v) is 6.89. The van der Waals surface area contributed by atoms with Crippen LogP contribution in [0.1, 0.15) is 0 Å². The number of para-hydroxylation sites is 1. The molecule has 6 heteroatoms. The van der Waals surface area contributed by atoms with Gasteiger partial charge >= 0.3 is 0 Å². The van der Waals surface area contributed by atoms with Gasteiger partial charge in [-0.2, -0.15) is 5.10 Å². The predicted octanol–water partition coefficient (Wildman–Crippen LogP) is 4.67. The smallest absolute Gasteiger partial charge is 0.213 e. The van der Waals surface area contributed by atoms with Crippen molar-refractivity contribution in [2.45, 2.75) is 0 Å². The van der Waals surface area contributed by atoms with Crippen LogP contribution in [0.4, 0.5) is 0 Å². The number of hydrogen-bond acceptors (Lipinski definition) is 4. The number of aromatic amines is 1. The van der Waals surface area contributed by atoms with Crippen LogP contribution in [0.5, 0.6) is 0 Å². The fourth-order valence-electron chi connectivity index (χ4n) is 2.60. The summed E-state index contributed by atoms with van der Waals surface area (Å²) in [4.78, 5) is 10.1. The highest BCUT2D eigenvalue weighted by Gasteiger charge is 2.14. The van der Waals surface area contributed by atoms with Crippen LogP contribution in [0, 0.1) is 0 Å². The molecule has 0 saturated carbocycles. The lowest BCUT2D eigenvalue weighted by atomic mass is 10.2. The number of hydrogen-bond donors (Lipinski definition) is 1. The van der Waals surface area contributed by atoms with E-state index in [1.165, 1.54) is 10.3 Å². The summed E-state index contributed by atoms with van der Waals surface area (Å²) < 4.78 is 1.87. The summed E-state index contributed by atoms with van der Waals surface area (Å²) in [5, 5.41) is 8.93. The summed E-state index contributed by atoms with van der Waals surface area (Å²) in [6.07, 6.45) is 4.01. The van der Waals surface area contributed by atoms with Gasteiger partial charge in [-0.15, -0.1) is 11.3 Å². The Morgan fingerprint density at radius 1 is 1.09 bits per heavy atom. The number of rotatable bonds is 2. The maximum Gasteiger partial charge on any atom is 0.213 e. The molecule has 4 nitrogen and oxygen atoms in total. The number of imidazole rings is 1. The number of nitrogens with one attached hydrogen (secondary N) is 1. The maximum absolute atomic E-state index is 4.69. The molecule has 0 fully saturated rings. The molecule has 0 atom stereocenters. The Balaban J connectivity index is 1.65. The summed E-state index contributed by atoms with van der Waals surface area (Å²) in [6, 6.07) is 12.4. The fraction of sp³-hybridized carbons (Fsp3) is 0. The van der Waals surface area contributed by atoms with E-state index in [0.29, 0.717) is 0 Å². The Labute approximate surface area is 133 Å². The Kier molecular flexibility index (Phi) is 2.50. The first-order valence-corrected chi connectivity index (χ1v) is 8.55. The first-order valence-electron chi connectivity index (χ1n) is 6.85. The third kappa shape index (κ3) is 1.74. The molecule has 5 rings (SSSR count). The van der Waals surface area contributed by atoms with Crippen molar-refractivity contribution in [3.05, 3.63) is 54.2 Å². The summed E-state index contributed by atoms with van der Waals surface area (Å²) in [5.41, 5.74) is 3.24. The van der Waals surface area contributed by atoms with Gasteiger partial charge in [0.1, 0.15) is 10.7 Å². The van der Waals surface area contributed by atoms with Crippen LogP contribution in [-0.2, 0) is 0 Å². The van der Waals surface area contributed by atoms with E-state index < -0.39 is 0 Å². The van der Waals surface area contributed by atoms with Gasteiger partial charge in [-0.05, 0) is 17.5 Å². The van der Waals surface area contributed by atoms with E-state index in [1.807, 2.05) is 35.1 Å². The van der Waals surface area contributed by atoms with E-state index in [9.17, 15) is 0 Å². The third-order valence-electron chi connectivity index (χ3n) is 3.64. The molecular weight excluding hydrogens is 312 g/mol. The van der Waals surface area contributed by atoms with E-state index in [2.05, 4.69) is 33.5 Å². The zero-order valence-corrected chi connectivity index (χ0v) is 13.0.